The summed E-state index contributed by atoms with van der Waals surface area (Å²) >= 11 is 3.47. The van der Waals surface area contributed by atoms with Crippen LogP contribution < -0.4 is 9.62 Å². The second-order valence-electron chi connectivity index (χ2n) is 12.2. The number of nitrogens with one attached hydrogen (secondary N) is 1. The first-order chi connectivity index (χ1) is 21.2. The van der Waals surface area contributed by atoms with E-state index in [4.69, 9.17) is 0 Å². The summed E-state index contributed by atoms with van der Waals surface area (Å²) in [5.74, 6) is -0.816. The zero-order valence-corrected chi connectivity index (χ0v) is 28.7. The van der Waals surface area contributed by atoms with Gasteiger partial charge in [-0.2, -0.15) is 0 Å². The zero-order chi connectivity index (χ0) is 32.8. The van der Waals surface area contributed by atoms with E-state index >= 15 is 0 Å². The number of nitrogens with zero attached hydrogens (tertiary/aromatic N) is 2. The number of benzene rings is 4. The minimum absolute atomic E-state index is 0.0727. The molecule has 0 fully saturated rings. The maximum absolute atomic E-state index is 14.6. The predicted octanol–water partition coefficient (Wildman–Crippen LogP) is 6.82. The highest BCUT2D eigenvalue weighted by molar-refractivity contribution is 9.10. The van der Waals surface area contributed by atoms with Gasteiger partial charge in [0.05, 0.1) is 10.6 Å². The highest BCUT2D eigenvalue weighted by Crippen LogP contribution is 2.28. The van der Waals surface area contributed by atoms with E-state index in [9.17, 15) is 18.0 Å². The van der Waals surface area contributed by atoms with Crippen molar-refractivity contribution >= 4 is 43.5 Å². The lowest BCUT2D eigenvalue weighted by molar-refractivity contribution is -0.140. The summed E-state index contributed by atoms with van der Waals surface area (Å²) in [6.45, 7) is 9.03. The van der Waals surface area contributed by atoms with Crippen LogP contribution in [0.3, 0.4) is 0 Å². The number of hydrogen-bond donors (Lipinski definition) is 1. The molecular weight excluding hydrogens is 650 g/mol. The second kappa shape index (κ2) is 14.4. The molecule has 0 radical (unpaired) electrons. The van der Waals surface area contributed by atoms with Gasteiger partial charge >= 0.3 is 0 Å². The highest BCUT2D eigenvalue weighted by atomic mass is 79.9. The van der Waals surface area contributed by atoms with Crippen molar-refractivity contribution in [3.8, 4) is 0 Å². The summed E-state index contributed by atoms with van der Waals surface area (Å²) in [5.41, 5.74) is 3.21. The fourth-order valence-electron chi connectivity index (χ4n) is 5.11. The minimum atomic E-state index is -4.15. The van der Waals surface area contributed by atoms with Crippen molar-refractivity contribution in [2.24, 2.45) is 0 Å². The first-order valence-electron chi connectivity index (χ1n) is 14.8. The van der Waals surface area contributed by atoms with Crippen LogP contribution in [0.2, 0.25) is 0 Å². The second-order valence-corrected chi connectivity index (χ2v) is 15.0. The Hall–Kier alpha value is -3.95. The number of hydrogen-bond acceptors (Lipinski definition) is 4. The van der Waals surface area contributed by atoms with Crippen molar-refractivity contribution in [1.29, 1.82) is 0 Å². The summed E-state index contributed by atoms with van der Waals surface area (Å²) in [5, 5.41) is 3.05. The fraction of sp³-hybridized carbons (Fsp3) is 0.278. The molecule has 45 heavy (non-hydrogen) atoms. The summed E-state index contributed by atoms with van der Waals surface area (Å²) in [6.07, 6.45) is 0.250. The first kappa shape index (κ1) is 33.9. The van der Waals surface area contributed by atoms with Crippen molar-refractivity contribution < 1.29 is 18.0 Å². The lowest BCUT2D eigenvalue weighted by Crippen LogP contribution is -2.56. The third-order valence-corrected chi connectivity index (χ3v) is 9.57. The largest absolute Gasteiger partial charge is 0.350 e. The standard InChI is InChI=1S/C36H40BrN3O4S/c1-26-16-21-32(27(2)22-26)40(45(43,44)31-14-10-7-11-15-31)25-34(41)39(24-29-17-19-30(37)20-18-29)33(35(42)38-36(3,4)5)23-28-12-8-6-9-13-28/h6-22,33H,23-25H2,1-5H3,(H,38,42)/t33-/m0/s1. The van der Waals surface area contributed by atoms with Gasteiger partial charge in [0.25, 0.3) is 10.0 Å². The van der Waals surface area contributed by atoms with E-state index in [1.165, 1.54) is 17.0 Å². The third-order valence-electron chi connectivity index (χ3n) is 7.27. The van der Waals surface area contributed by atoms with Crippen molar-refractivity contribution in [2.75, 3.05) is 10.8 Å². The number of carbonyl (C=O) groups is 2. The number of halogens is 1. The molecule has 2 amide bonds. The minimum Gasteiger partial charge on any atom is -0.350 e. The number of anilines is 1. The highest BCUT2D eigenvalue weighted by Gasteiger charge is 2.36. The van der Waals surface area contributed by atoms with Crippen LogP contribution in [0.1, 0.15) is 43.0 Å². The molecule has 7 nitrogen and oxygen atoms in total. The molecule has 0 spiro atoms. The molecule has 0 aromatic heterocycles. The molecule has 9 heteroatoms. The zero-order valence-electron chi connectivity index (χ0n) is 26.3. The molecule has 1 atom stereocenters. The Morgan fingerprint density at radius 2 is 1.42 bits per heavy atom. The molecule has 0 heterocycles. The topological polar surface area (TPSA) is 86.8 Å². The summed E-state index contributed by atoms with van der Waals surface area (Å²) in [6, 6.07) is 29.7. The number of aryl methyl sites for hydroxylation is 2. The van der Waals surface area contributed by atoms with E-state index < -0.39 is 34.1 Å². The predicted molar refractivity (Wildman–Crippen MR) is 183 cm³/mol. The number of sulfonamides is 1. The van der Waals surface area contributed by atoms with Gasteiger partial charge < -0.3 is 10.2 Å². The van der Waals surface area contributed by atoms with Crippen LogP contribution in [0.5, 0.6) is 0 Å². The number of rotatable bonds is 11. The Morgan fingerprint density at radius 3 is 2.00 bits per heavy atom. The smallest absolute Gasteiger partial charge is 0.264 e. The van der Waals surface area contributed by atoms with Gasteiger partial charge in [0, 0.05) is 23.0 Å². The van der Waals surface area contributed by atoms with E-state index in [1.54, 1.807) is 24.3 Å². The van der Waals surface area contributed by atoms with E-state index in [0.717, 1.165) is 25.5 Å². The average Bonchev–Trinajstić information content (AvgIpc) is 2.99. The molecule has 0 bridgehead atoms. The Kier molecular flexibility index (Phi) is 10.9. The van der Waals surface area contributed by atoms with Gasteiger partial charge in [0.15, 0.2) is 0 Å². The molecule has 1 N–H and O–H groups in total. The fourth-order valence-corrected chi connectivity index (χ4v) is 6.88. The molecule has 0 saturated heterocycles. The number of amides is 2. The van der Waals surface area contributed by atoms with Gasteiger partial charge in [0.1, 0.15) is 12.6 Å². The van der Waals surface area contributed by atoms with Gasteiger partial charge in [-0.25, -0.2) is 8.42 Å². The van der Waals surface area contributed by atoms with Crippen molar-refractivity contribution in [2.45, 2.75) is 64.1 Å². The van der Waals surface area contributed by atoms with Crippen LogP contribution in [0.25, 0.3) is 0 Å². The molecule has 236 valence electrons. The molecule has 0 aliphatic rings. The lowest BCUT2D eigenvalue weighted by atomic mass is 10.0. The van der Waals surface area contributed by atoms with Crippen LogP contribution in [0.4, 0.5) is 5.69 Å². The van der Waals surface area contributed by atoms with Gasteiger partial charge in [-0.05, 0) is 81.6 Å². The van der Waals surface area contributed by atoms with Crippen LogP contribution >= 0.6 is 15.9 Å². The van der Waals surface area contributed by atoms with E-state index in [0.29, 0.717) is 11.3 Å². The Labute approximate surface area is 275 Å². The summed E-state index contributed by atoms with van der Waals surface area (Å²) in [7, 11) is -4.15. The van der Waals surface area contributed by atoms with Gasteiger partial charge in [0.2, 0.25) is 11.8 Å². The van der Waals surface area contributed by atoms with E-state index in [1.807, 2.05) is 101 Å². The third kappa shape index (κ3) is 9.05. The lowest BCUT2D eigenvalue weighted by Gasteiger charge is -2.35. The van der Waals surface area contributed by atoms with Crippen molar-refractivity contribution in [3.63, 3.8) is 0 Å². The maximum atomic E-state index is 14.6. The van der Waals surface area contributed by atoms with Crippen molar-refractivity contribution in [3.05, 3.63) is 130 Å². The molecule has 0 aliphatic carbocycles. The van der Waals surface area contributed by atoms with E-state index in [2.05, 4.69) is 21.2 Å². The molecular formula is C36H40BrN3O4S. The number of carbonyl (C=O) groups excluding carboxylic acids is 2. The van der Waals surface area contributed by atoms with Gasteiger partial charge in [-0.15, -0.1) is 0 Å². The Balaban J connectivity index is 1.83. The van der Waals surface area contributed by atoms with Crippen molar-refractivity contribution in [1.82, 2.24) is 10.2 Å². The average molecular weight is 691 g/mol. The monoisotopic (exact) mass is 689 g/mol. The molecule has 4 aromatic carbocycles. The van der Waals surface area contributed by atoms with Gasteiger partial charge in [-0.3, -0.25) is 13.9 Å². The van der Waals surface area contributed by atoms with E-state index in [-0.39, 0.29) is 23.8 Å². The van der Waals surface area contributed by atoms with Crippen LogP contribution in [0, 0.1) is 13.8 Å². The van der Waals surface area contributed by atoms with Crippen LogP contribution in [-0.4, -0.2) is 43.3 Å². The molecule has 0 saturated carbocycles. The normalized spacial score (nSPS) is 12.3. The molecule has 0 unspecified atom stereocenters. The SMILES string of the molecule is Cc1ccc(N(CC(=O)N(Cc2ccc(Br)cc2)[C@@H](Cc2ccccc2)C(=O)NC(C)(C)C)S(=O)(=O)c2ccccc2)c(C)c1. The van der Waals surface area contributed by atoms with Gasteiger partial charge in [-0.1, -0.05) is 94.3 Å². The van der Waals surface area contributed by atoms with Crippen LogP contribution in [0.15, 0.2) is 112 Å². The molecule has 4 aromatic rings. The Morgan fingerprint density at radius 1 is 0.822 bits per heavy atom. The summed E-state index contributed by atoms with van der Waals surface area (Å²) < 4.78 is 30.4. The Bertz CT molecular complexity index is 1720. The molecule has 4 rings (SSSR count). The summed E-state index contributed by atoms with van der Waals surface area (Å²) in [4.78, 5) is 30.1. The maximum Gasteiger partial charge on any atom is 0.264 e. The van der Waals surface area contributed by atoms with Crippen LogP contribution in [-0.2, 0) is 32.6 Å². The molecule has 0 aliphatic heterocycles. The quantitative estimate of drug-likeness (QED) is 0.187. The first-order valence-corrected chi connectivity index (χ1v) is 17.0.